The molecule has 0 saturated carbocycles. The molecule has 0 amide bonds. The van der Waals surface area contributed by atoms with E-state index in [9.17, 15) is 4.79 Å². The highest BCUT2D eigenvalue weighted by molar-refractivity contribution is 7.99. The minimum Gasteiger partial charge on any atom is -0.468 e. The van der Waals surface area contributed by atoms with Crippen LogP contribution < -0.4 is 0 Å². The molecule has 0 spiro atoms. The molecule has 3 rings (SSSR count). The number of aromatic nitrogens is 3. The van der Waals surface area contributed by atoms with E-state index in [0.29, 0.717) is 23.3 Å². The predicted octanol–water partition coefficient (Wildman–Crippen LogP) is 2.85. The highest BCUT2D eigenvalue weighted by Gasteiger charge is 2.17. The molecule has 2 aromatic heterocycles. The van der Waals surface area contributed by atoms with Gasteiger partial charge in [-0.15, -0.1) is 10.2 Å². The quantitative estimate of drug-likeness (QED) is 0.511. The Kier molecular flexibility index (Phi) is 4.77. The first-order valence-electron chi connectivity index (χ1n) is 6.98. The number of benzene rings is 1. The molecule has 1 aromatic carbocycles. The Labute approximate surface area is 137 Å². The van der Waals surface area contributed by atoms with Crippen molar-refractivity contribution in [2.45, 2.75) is 11.7 Å². The van der Waals surface area contributed by atoms with Crippen molar-refractivity contribution in [2.75, 3.05) is 12.9 Å². The zero-order valence-corrected chi connectivity index (χ0v) is 13.3. The number of hydrogen-bond donors (Lipinski definition) is 0. The van der Waals surface area contributed by atoms with Crippen LogP contribution in [0.15, 0.2) is 58.3 Å². The van der Waals surface area contributed by atoms with Gasteiger partial charge in [0.25, 0.3) is 0 Å². The fourth-order valence-electron chi connectivity index (χ4n) is 2.07. The molecular formula is C16H15N3O3S. The average Bonchev–Trinajstić information content (AvgIpc) is 3.23. The number of furan rings is 1. The van der Waals surface area contributed by atoms with Crippen molar-refractivity contribution in [3.8, 4) is 11.6 Å². The van der Waals surface area contributed by atoms with Gasteiger partial charge in [0, 0.05) is 0 Å². The molecule has 0 aliphatic rings. The molecule has 0 aliphatic carbocycles. The molecule has 3 aromatic rings. The van der Waals surface area contributed by atoms with Gasteiger partial charge in [-0.05, 0) is 17.7 Å². The maximum absolute atomic E-state index is 11.4. The summed E-state index contributed by atoms with van der Waals surface area (Å²) in [4.78, 5) is 11.4. The van der Waals surface area contributed by atoms with Crippen molar-refractivity contribution < 1.29 is 13.9 Å². The Balaban J connectivity index is 1.91. The van der Waals surface area contributed by atoms with Gasteiger partial charge >= 0.3 is 5.97 Å². The van der Waals surface area contributed by atoms with Crippen molar-refractivity contribution in [1.29, 1.82) is 0 Å². The van der Waals surface area contributed by atoms with Gasteiger partial charge in [-0.1, -0.05) is 42.1 Å². The lowest BCUT2D eigenvalue weighted by atomic mass is 10.2. The molecule has 0 unspecified atom stereocenters. The van der Waals surface area contributed by atoms with Crippen LogP contribution in [0.5, 0.6) is 0 Å². The van der Waals surface area contributed by atoms with Gasteiger partial charge in [-0.2, -0.15) is 0 Å². The van der Waals surface area contributed by atoms with Crippen LogP contribution in [0.3, 0.4) is 0 Å². The van der Waals surface area contributed by atoms with Crippen molar-refractivity contribution in [1.82, 2.24) is 14.8 Å². The summed E-state index contributed by atoms with van der Waals surface area (Å²) < 4.78 is 12.0. The summed E-state index contributed by atoms with van der Waals surface area (Å²) in [6.07, 6.45) is 1.60. The number of carbonyl (C=O) groups is 1. The monoisotopic (exact) mass is 329 g/mol. The van der Waals surface area contributed by atoms with E-state index in [1.165, 1.54) is 18.9 Å². The highest BCUT2D eigenvalue weighted by atomic mass is 32.2. The second kappa shape index (κ2) is 7.15. The van der Waals surface area contributed by atoms with Gasteiger partial charge in [0.05, 0.1) is 25.7 Å². The lowest BCUT2D eigenvalue weighted by Gasteiger charge is -2.09. The lowest BCUT2D eigenvalue weighted by Crippen LogP contribution is -2.07. The van der Waals surface area contributed by atoms with E-state index in [4.69, 9.17) is 4.42 Å². The number of nitrogens with zero attached hydrogens (tertiary/aromatic N) is 3. The predicted molar refractivity (Wildman–Crippen MR) is 86.0 cm³/mol. The van der Waals surface area contributed by atoms with Crippen molar-refractivity contribution in [2.24, 2.45) is 0 Å². The number of esters is 1. The van der Waals surface area contributed by atoms with E-state index in [0.717, 1.165) is 5.56 Å². The smallest absolute Gasteiger partial charge is 0.316 e. The van der Waals surface area contributed by atoms with E-state index in [1.807, 2.05) is 41.0 Å². The van der Waals surface area contributed by atoms with Crippen LogP contribution in [-0.4, -0.2) is 33.6 Å². The minimum atomic E-state index is -0.302. The molecule has 2 heterocycles. The zero-order chi connectivity index (χ0) is 16.1. The first kappa shape index (κ1) is 15.4. The maximum atomic E-state index is 11.4. The fourth-order valence-corrected chi connectivity index (χ4v) is 2.84. The Morgan fingerprint density at radius 1 is 1.22 bits per heavy atom. The van der Waals surface area contributed by atoms with Gasteiger partial charge in [0.15, 0.2) is 10.9 Å². The molecule has 0 fully saturated rings. The molecule has 0 radical (unpaired) electrons. The van der Waals surface area contributed by atoms with Crippen LogP contribution in [0.2, 0.25) is 0 Å². The van der Waals surface area contributed by atoms with Crippen molar-refractivity contribution >= 4 is 17.7 Å². The van der Waals surface area contributed by atoms with Gasteiger partial charge < -0.3 is 9.15 Å². The largest absolute Gasteiger partial charge is 0.468 e. The lowest BCUT2D eigenvalue weighted by molar-refractivity contribution is -0.137. The van der Waals surface area contributed by atoms with E-state index in [-0.39, 0.29) is 11.7 Å². The number of methoxy groups -OCH3 is 1. The number of rotatable bonds is 6. The standard InChI is InChI=1S/C16H15N3O3S/c1-21-14(20)11-23-16-18-17-15(13-8-5-9-22-13)19(16)10-12-6-3-2-4-7-12/h2-9H,10-11H2,1H3. The van der Waals surface area contributed by atoms with E-state index >= 15 is 0 Å². The molecule has 0 aliphatic heterocycles. The van der Waals surface area contributed by atoms with Gasteiger partial charge in [-0.25, -0.2) is 0 Å². The summed E-state index contributed by atoms with van der Waals surface area (Å²) in [7, 11) is 1.37. The van der Waals surface area contributed by atoms with Crippen LogP contribution in [-0.2, 0) is 16.1 Å². The topological polar surface area (TPSA) is 70.2 Å². The molecule has 23 heavy (non-hydrogen) atoms. The minimum absolute atomic E-state index is 0.182. The van der Waals surface area contributed by atoms with Crippen LogP contribution in [0.25, 0.3) is 11.6 Å². The maximum Gasteiger partial charge on any atom is 0.316 e. The van der Waals surface area contributed by atoms with E-state index < -0.39 is 0 Å². The van der Waals surface area contributed by atoms with Crippen LogP contribution in [0.4, 0.5) is 0 Å². The highest BCUT2D eigenvalue weighted by Crippen LogP contribution is 2.25. The Morgan fingerprint density at radius 3 is 2.74 bits per heavy atom. The first-order valence-corrected chi connectivity index (χ1v) is 7.97. The summed E-state index contributed by atoms with van der Waals surface area (Å²) in [5.41, 5.74) is 1.11. The molecule has 118 valence electrons. The van der Waals surface area contributed by atoms with Crippen molar-refractivity contribution in [3.63, 3.8) is 0 Å². The van der Waals surface area contributed by atoms with E-state index in [2.05, 4.69) is 14.9 Å². The fraction of sp³-hybridized carbons (Fsp3) is 0.188. The summed E-state index contributed by atoms with van der Waals surface area (Å²) >= 11 is 1.29. The van der Waals surface area contributed by atoms with Gasteiger partial charge in [0.2, 0.25) is 5.82 Å². The molecular weight excluding hydrogens is 314 g/mol. The Hall–Kier alpha value is -2.54. The summed E-state index contributed by atoms with van der Waals surface area (Å²) in [5.74, 6) is 1.15. The molecule has 6 nitrogen and oxygen atoms in total. The van der Waals surface area contributed by atoms with Crippen LogP contribution in [0.1, 0.15) is 5.56 Å². The average molecular weight is 329 g/mol. The van der Waals surface area contributed by atoms with Crippen molar-refractivity contribution in [3.05, 3.63) is 54.3 Å². The summed E-state index contributed by atoms with van der Waals surface area (Å²) in [5, 5.41) is 9.03. The number of ether oxygens (including phenoxy) is 1. The number of carbonyl (C=O) groups excluding carboxylic acids is 1. The third kappa shape index (κ3) is 3.62. The molecule has 0 saturated heterocycles. The third-order valence-electron chi connectivity index (χ3n) is 3.19. The second-order valence-electron chi connectivity index (χ2n) is 4.72. The normalized spacial score (nSPS) is 10.7. The van der Waals surface area contributed by atoms with Crippen LogP contribution >= 0.6 is 11.8 Å². The van der Waals surface area contributed by atoms with Gasteiger partial charge in [0.1, 0.15) is 0 Å². The summed E-state index contributed by atoms with van der Waals surface area (Å²) in [6, 6.07) is 13.6. The summed E-state index contributed by atoms with van der Waals surface area (Å²) in [6.45, 7) is 0.591. The third-order valence-corrected chi connectivity index (χ3v) is 4.13. The molecule has 0 N–H and O–H groups in total. The van der Waals surface area contributed by atoms with Gasteiger partial charge in [-0.3, -0.25) is 9.36 Å². The Morgan fingerprint density at radius 2 is 2.04 bits per heavy atom. The molecule has 7 heteroatoms. The first-order chi connectivity index (χ1) is 11.3. The zero-order valence-electron chi connectivity index (χ0n) is 12.5. The second-order valence-corrected chi connectivity index (χ2v) is 5.66. The SMILES string of the molecule is COC(=O)CSc1nnc(-c2ccco2)n1Cc1ccccc1. The molecule has 0 bridgehead atoms. The van der Waals surface area contributed by atoms with Crippen LogP contribution in [0, 0.1) is 0 Å². The molecule has 0 atom stereocenters. The number of hydrogen-bond acceptors (Lipinski definition) is 6. The number of thioether (sulfide) groups is 1. The Bertz CT molecular complexity index is 769. The van der Waals surface area contributed by atoms with E-state index in [1.54, 1.807) is 12.3 Å².